The van der Waals surface area contributed by atoms with E-state index >= 15 is 0 Å². The Morgan fingerprint density at radius 2 is 1.92 bits per heavy atom. The van der Waals surface area contributed by atoms with E-state index in [0.29, 0.717) is 26.1 Å². The third-order valence-corrected chi connectivity index (χ3v) is 4.09. The molecule has 6 nitrogen and oxygen atoms in total. The van der Waals surface area contributed by atoms with Crippen LogP contribution in [-0.4, -0.2) is 36.8 Å². The van der Waals surface area contributed by atoms with Crippen LogP contribution in [0.25, 0.3) is 0 Å². The van der Waals surface area contributed by atoms with Crippen molar-refractivity contribution in [2.75, 3.05) is 19.7 Å². The minimum Gasteiger partial charge on any atom is -0.481 e. The first-order chi connectivity index (χ1) is 11.7. The Hall–Kier alpha value is -2.08. The van der Waals surface area contributed by atoms with E-state index in [2.05, 4.69) is 34.9 Å². The number of nitrogens with one attached hydrogen (secondary N) is 2. The number of amides is 2. The predicted octanol–water partition coefficient (Wildman–Crippen LogP) is 2.63. The van der Waals surface area contributed by atoms with Gasteiger partial charge in [0.15, 0.2) is 0 Å². The lowest BCUT2D eigenvalue weighted by Gasteiger charge is -2.25. The Morgan fingerprint density at radius 3 is 2.71 bits per heavy atom. The van der Waals surface area contributed by atoms with Gasteiger partial charge in [0.2, 0.25) is 0 Å². The van der Waals surface area contributed by atoms with Crippen molar-refractivity contribution in [1.29, 1.82) is 0 Å². The lowest BCUT2D eigenvalue weighted by molar-refractivity contribution is -0.137. The van der Waals surface area contributed by atoms with Gasteiger partial charge < -0.3 is 20.5 Å². The van der Waals surface area contributed by atoms with Gasteiger partial charge in [-0.25, -0.2) is 4.79 Å². The standard InChI is InChI=1S/C18H26N2O4/c21-17(22)10-4-11-19-18(23)20-12-5-13-24-16-9-3-7-14-6-1-2-8-15(14)16/h1-2,6,8,16H,3-5,7,9-13H2,(H,21,22)(H2,19,20,23). The molecule has 24 heavy (non-hydrogen) atoms. The normalized spacial score (nSPS) is 16.2. The van der Waals surface area contributed by atoms with Gasteiger partial charge >= 0.3 is 12.0 Å². The summed E-state index contributed by atoms with van der Waals surface area (Å²) in [5, 5.41) is 13.9. The topological polar surface area (TPSA) is 87.7 Å². The van der Waals surface area contributed by atoms with Crippen LogP contribution in [0.2, 0.25) is 0 Å². The molecule has 0 heterocycles. The molecule has 1 unspecified atom stereocenters. The van der Waals surface area contributed by atoms with Gasteiger partial charge in [-0.1, -0.05) is 24.3 Å². The zero-order valence-corrected chi connectivity index (χ0v) is 13.9. The summed E-state index contributed by atoms with van der Waals surface area (Å²) in [6.07, 6.45) is 4.75. The maximum atomic E-state index is 11.5. The van der Waals surface area contributed by atoms with Crippen LogP contribution in [0, 0.1) is 0 Å². The second kappa shape index (κ2) is 9.93. The number of benzene rings is 1. The molecular formula is C18H26N2O4. The van der Waals surface area contributed by atoms with Gasteiger partial charge in [-0.05, 0) is 43.2 Å². The SMILES string of the molecule is O=C(O)CCCNC(=O)NCCCOC1CCCc2ccccc21. The fourth-order valence-corrected chi connectivity index (χ4v) is 2.89. The molecule has 0 aliphatic heterocycles. The summed E-state index contributed by atoms with van der Waals surface area (Å²) < 4.78 is 5.98. The fraction of sp³-hybridized carbons (Fsp3) is 0.556. The van der Waals surface area contributed by atoms with E-state index in [1.54, 1.807) is 0 Å². The molecule has 1 aliphatic rings. The molecule has 0 aromatic heterocycles. The largest absolute Gasteiger partial charge is 0.481 e. The highest BCUT2D eigenvalue weighted by Crippen LogP contribution is 2.32. The summed E-state index contributed by atoms with van der Waals surface area (Å²) in [7, 11) is 0. The van der Waals surface area contributed by atoms with Gasteiger partial charge in [-0.3, -0.25) is 4.79 Å². The van der Waals surface area contributed by atoms with Gasteiger partial charge in [0, 0.05) is 26.1 Å². The third-order valence-electron chi connectivity index (χ3n) is 4.09. The van der Waals surface area contributed by atoms with E-state index in [9.17, 15) is 9.59 Å². The highest BCUT2D eigenvalue weighted by atomic mass is 16.5. The summed E-state index contributed by atoms with van der Waals surface area (Å²) in [6, 6.07) is 8.17. The number of hydrogen-bond donors (Lipinski definition) is 3. The van der Waals surface area contributed by atoms with Crippen LogP contribution in [0.5, 0.6) is 0 Å². The first kappa shape index (κ1) is 18.3. The van der Waals surface area contributed by atoms with Crippen LogP contribution in [0.15, 0.2) is 24.3 Å². The molecule has 132 valence electrons. The zero-order valence-electron chi connectivity index (χ0n) is 13.9. The second-order valence-electron chi connectivity index (χ2n) is 5.98. The van der Waals surface area contributed by atoms with Crippen molar-refractivity contribution in [1.82, 2.24) is 10.6 Å². The van der Waals surface area contributed by atoms with E-state index in [0.717, 1.165) is 25.7 Å². The van der Waals surface area contributed by atoms with Crippen LogP contribution in [0.3, 0.4) is 0 Å². The number of carboxylic acids is 1. The summed E-state index contributed by atoms with van der Waals surface area (Å²) in [4.78, 5) is 21.9. The van der Waals surface area contributed by atoms with Crippen molar-refractivity contribution in [3.8, 4) is 0 Å². The third kappa shape index (κ3) is 6.20. The molecule has 0 bridgehead atoms. The number of ether oxygens (including phenoxy) is 1. The molecule has 0 saturated heterocycles. The smallest absolute Gasteiger partial charge is 0.314 e. The molecule has 2 rings (SSSR count). The lowest BCUT2D eigenvalue weighted by atomic mass is 9.89. The Morgan fingerprint density at radius 1 is 1.17 bits per heavy atom. The number of aryl methyl sites for hydroxylation is 1. The zero-order chi connectivity index (χ0) is 17.2. The highest BCUT2D eigenvalue weighted by molar-refractivity contribution is 5.73. The number of fused-ring (bicyclic) bond motifs is 1. The van der Waals surface area contributed by atoms with E-state index in [4.69, 9.17) is 9.84 Å². The molecule has 0 saturated carbocycles. The maximum absolute atomic E-state index is 11.5. The molecule has 1 aromatic rings. The van der Waals surface area contributed by atoms with Crippen molar-refractivity contribution >= 4 is 12.0 Å². The predicted molar refractivity (Wildman–Crippen MR) is 91.0 cm³/mol. The molecule has 0 spiro atoms. The molecule has 1 aliphatic carbocycles. The summed E-state index contributed by atoms with van der Waals surface area (Å²) in [6.45, 7) is 1.52. The van der Waals surface area contributed by atoms with Gasteiger partial charge in [-0.2, -0.15) is 0 Å². The lowest BCUT2D eigenvalue weighted by Crippen LogP contribution is -2.37. The van der Waals surface area contributed by atoms with Crippen molar-refractivity contribution < 1.29 is 19.4 Å². The molecule has 6 heteroatoms. The average Bonchev–Trinajstić information content (AvgIpc) is 2.58. The molecule has 2 amide bonds. The molecule has 1 aromatic carbocycles. The Kier molecular flexibility index (Phi) is 7.55. The number of urea groups is 1. The van der Waals surface area contributed by atoms with Crippen LogP contribution in [-0.2, 0) is 16.0 Å². The second-order valence-corrected chi connectivity index (χ2v) is 5.98. The van der Waals surface area contributed by atoms with Gasteiger partial charge in [-0.15, -0.1) is 0 Å². The van der Waals surface area contributed by atoms with Crippen molar-refractivity contribution in [2.24, 2.45) is 0 Å². The molecule has 0 fully saturated rings. The molecule has 3 N–H and O–H groups in total. The van der Waals surface area contributed by atoms with Crippen molar-refractivity contribution in [2.45, 2.75) is 44.6 Å². The minimum atomic E-state index is -0.848. The van der Waals surface area contributed by atoms with Crippen LogP contribution in [0.1, 0.15) is 49.3 Å². The number of carbonyl (C=O) groups excluding carboxylic acids is 1. The number of aliphatic carboxylic acids is 1. The number of hydrogen-bond acceptors (Lipinski definition) is 3. The number of rotatable bonds is 9. The number of carbonyl (C=O) groups is 2. The van der Waals surface area contributed by atoms with Gasteiger partial charge in [0.25, 0.3) is 0 Å². The summed E-state index contributed by atoms with van der Waals surface area (Å²) in [5.41, 5.74) is 2.68. The number of carboxylic acid groups (broad SMARTS) is 1. The molecule has 0 radical (unpaired) electrons. The van der Waals surface area contributed by atoms with E-state index in [1.807, 2.05) is 0 Å². The van der Waals surface area contributed by atoms with Crippen molar-refractivity contribution in [3.63, 3.8) is 0 Å². The first-order valence-corrected chi connectivity index (χ1v) is 8.59. The minimum absolute atomic E-state index is 0.0665. The van der Waals surface area contributed by atoms with Crippen LogP contribution < -0.4 is 10.6 Å². The van der Waals surface area contributed by atoms with Crippen LogP contribution in [0.4, 0.5) is 4.79 Å². The highest BCUT2D eigenvalue weighted by Gasteiger charge is 2.19. The van der Waals surface area contributed by atoms with Gasteiger partial charge in [0.1, 0.15) is 0 Å². The molecule has 1 atom stereocenters. The maximum Gasteiger partial charge on any atom is 0.314 e. The van der Waals surface area contributed by atoms with E-state index in [-0.39, 0.29) is 18.6 Å². The summed E-state index contributed by atoms with van der Waals surface area (Å²) in [5.74, 6) is -0.848. The average molecular weight is 334 g/mol. The van der Waals surface area contributed by atoms with Gasteiger partial charge in [0.05, 0.1) is 6.10 Å². The Balaban J connectivity index is 1.56. The van der Waals surface area contributed by atoms with E-state index in [1.165, 1.54) is 11.1 Å². The Bertz CT molecular complexity index is 548. The summed E-state index contributed by atoms with van der Waals surface area (Å²) >= 11 is 0. The van der Waals surface area contributed by atoms with Crippen molar-refractivity contribution in [3.05, 3.63) is 35.4 Å². The quantitative estimate of drug-likeness (QED) is 0.606. The Labute approximate surface area is 142 Å². The molecular weight excluding hydrogens is 308 g/mol. The first-order valence-electron chi connectivity index (χ1n) is 8.59. The van der Waals surface area contributed by atoms with E-state index < -0.39 is 5.97 Å². The monoisotopic (exact) mass is 334 g/mol. The fourth-order valence-electron chi connectivity index (χ4n) is 2.89. The van der Waals surface area contributed by atoms with Crippen LogP contribution >= 0.6 is 0 Å².